The second-order valence-electron chi connectivity index (χ2n) is 4.76. The van der Waals surface area contributed by atoms with Crippen molar-refractivity contribution in [2.75, 3.05) is 13.1 Å². The molecule has 3 N–H and O–H groups in total. The number of nitrogens with zero attached hydrogens (tertiary/aromatic N) is 2. The van der Waals surface area contributed by atoms with Crippen LogP contribution in [0, 0.1) is 5.92 Å². The van der Waals surface area contributed by atoms with E-state index in [1.807, 2.05) is 18.2 Å². The number of nitrogens with one attached hydrogen (secondary N) is 1. The second kappa shape index (κ2) is 6.29. The number of carbonyl (C=O) groups excluding carboxylic acids is 1. The summed E-state index contributed by atoms with van der Waals surface area (Å²) in [5, 5.41) is 7.88. The van der Waals surface area contributed by atoms with Crippen LogP contribution in [0.15, 0.2) is 24.4 Å². The highest BCUT2D eigenvalue weighted by Crippen LogP contribution is 2.18. The summed E-state index contributed by atoms with van der Waals surface area (Å²) in [4.78, 5) is 16.1. The average Bonchev–Trinajstić information content (AvgIpc) is 2.45. The van der Waals surface area contributed by atoms with E-state index >= 15 is 0 Å². The minimum absolute atomic E-state index is 0.0651. The molecule has 2 heterocycles. The topological polar surface area (TPSA) is 105 Å². The van der Waals surface area contributed by atoms with Gasteiger partial charge in [-0.1, -0.05) is 6.07 Å². The summed E-state index contributed by atoms with van der Waals surface area (Å²) in [5.74, 6) is -0.235. The predicted molar refractivity (Wildman–Crippen MR) is 73.5 cm³/mol. The van der Waals surface area contributed by atoms with Gasteiger partial charge in [-0.25, -0.2) is 5.14 Å². The van der Waals surface area contributed by atoms with E-state index in [4.69, 9.17) is 5.14 Å². The molecule has 1 aliphatic heterocycles. The maximum absolute atomic E-state index is 12.0. The van der Waals surface area contributed by atoms with Crippen LogP contribution in [0.4, 0.5) is 0 Å². The van der Waals surface area contributed by atoms with Crippen LogP contribution in [0.2, 0.25) is 0 Å². The minimum atomic E-state index is -3.64. The molecule has 110 valence electrons. The van der Waals surface area contributed by atoms with Crippen LogP contribution in [0.5, 0.6) is 0 Å². The summed E-state index contributed by atoms with van der Waals surface area (Å²) < 4.78 is 23.5. The molecule has 0 unspecified atom stereocenters. The van der Waals surface area contributed by atoms with Crippen LogP contribution < -0.4 is 10.5 Å². The largest absolute Gasteiger partial charge is 0.350 e. The van der Waals surface area contributed by atoms with Gasteiger partial charge < -0.3 is 5.32 Å². The highest BCUT2D eigenvalue weighted by Gasteiger charge is 2.29. The van der Waals surface area contributed by atoms with Gasteiger partial charge in [0, 0.05) is 25.2 Å². The Bertz CT molecular complexity index is 553. The first-order valence-corrected chi connectivity index (χ1v) is 7.92. The third-order valence-corrected chi connectivity index (χ3v) is 4.44. The monoisotopic (exact) mass is 298 g/mol. The first kappa shape index (κ1) is 14.9. The van der Waals surface area contributed by atoms with Crippen molar-refractivity contribution in [3.05, 3.63) is 30.1 Å². The molecule has 0 atom stereocenters. The number of carbonyl (C=O) groups is 1. The lowest BCUT2D eigenvalue weighted by Crippen LogP contribution is -2.45. The molecule has 1 aromatic rings. The number of nitrogens with two attached hydrogens (primary N) is 1. The zero-order chi connectivity index (χ0) is 14.6. The van der Waals surface area contributed by atoms with E-state index in [2.05, 4.69) is 10.3 Å². The van der Waals surface area contributed by atoms with Crippen molar-refractivity contribution in [1.29, 1.82) is 0 Å². The van der Waals surface area contributed by atoms with Crippen LogP contribution in [-0.4, -0.2) is 36.7 Å². The van der Waals surface area contributed by atoms with Crippen molar-refractivity contribution >= 4 is 16.1 Å². The van der Waals surface area contributed by atoms with Gasteiger partial charge in [-0.05, 0) is 25.0 Å². The van der Waals surface area contributed by atoms with Crippen LogP contribution in [0.1, 0.15) is 18.5 Å². The summed E-state index contributed by atoms with van der Waals surface area (Å²) in [7, 11) is -3.64. The lowest BCUT2D eigenvalue weighted by molar-refractivity contribution is -0.126. The fourth-order valence-electron chi connectivity index (χ4n) is 2.20. The van der Waals surface area contributed by atoms with E-state index < -0.39 is 10.2 Å². The molecule has 1 saturated heterocycles. The molecule has 0 spiro atoms. The molecule has 2 rings (SSSR count). The van der Waals surface area contributed by atoms with Crippen LogP contribution >= 0.6 is 0 Å². The van der Waals surface area contributed by atoms with E-state index in [0.717, 1.165) is 5.69 Å². The number of pyridine rings is 1. The van der Waals surface area contributed by atoms with Gasteiger partial charge >= 0.3 is 0 Å². The van der Waals surface area contributed by atoms with Gasteiger partial charge in [0.1, 0.15) is 0 Å². The van der Waals surface area contributed by atoms with Crippen molar-refractivity contribution in [3.8, 4) is 0 Å². The van der Waals surface area contributed by atoms with E-state index in [1.165, 1.54) is 4.31 Å². The van der Waals surface area contributed by atoms with Crippen molar-refractivity contribution in [3.63, 3.8) is 0 Å². The zero-order valence-electron chi connectivity index (χ0n) is 11.0. The Morgan fingerprint density at radius 2 is 2.10 bits per heavy atom. The summed E-state index contributed by atoms with van der Waals surface area (Å²) in [6.07, 6.45) is 2.65. The number of amides is 1. The highest BCUT2D eigenvalue weighted by atomic mass is 32.2. The zero-order valence-corrected chi connectivity index (χ0v) is 11.8. The van der Waals surface area contributed by atoms with Gasteiger partial charge in [0.25, 0.3) is 10.2 Å². The van der Waals surface area contributed by atoms with Crippen LogP contribution in [-0.2, 0) is 21.5 Å². The van der Waals surface area contributed by atoms with Crippen molar-refractivity contribution < 1.29 is 13.2 Å². The molecular weight excluding hydrogens is 280 g/mol. The summed E-state index contributed by atoms with van der Waals surface area (Å²) in [6, 6.07) is 5.51. The normalized spacial score (nSPS) is 17.9. The number of piperidine rings is 1. The van der Waals surface area contributed by atoms with Gasteiger partial charge in [-0.2, -0.15) is 12.7 Å². The van der Waals surface area contributed by atoms with Gasteiger partial charge in [0.2, 0.25) is 5.91 Å². The third-order valence-electron chi connectivity index (χ3n) is 3.35. The van der Waals surface area contributed by atoms with Crippen LogP contribution in [0.25, 0.3) is 0 Å². The molecule has 0 radical (unpaired) electrons. The SMILES string of the molecule is NS(=O)(=O)N1CCC(C(=O)NCc2ccccn2)CC1. The third kappa shape index (κ3) is 3.99. The summed E-state index contributed by atoms with van der Waals surface area (Å²) in [6.45, 7) is 0.968. The summed E-state index contributed by atoms with van der Waals surface area (Å²) >= 11 is 0. The smallest absolute Gasteiger partial charge is 0.276 e. The highest BCUT2D eigenvalue weighted by molar-refractivity contribution is 7.86. The van der Waals surface area contributed by atoms with Crippen LogP contribution in [0.3, 0.4) is 0 Å². The lowest BCUT2D eigenvalue weighted by atomic mass is 9.97. The van der Waals surface area contributed by atoms with Crippen molar-refractivity contribution in [2.24, 2.45) is 11.1 Å². The Labute approximate surface area is 118 Å². The molecule has 0 bridgehead atoms. The van der Waals surface area contributed by atoms with Gasteiger partial charge in [0.15, 0.2) is 0 Å². The Morgan fingerprint density at radius 3 is 2.65 bits per heavy atom. The summed E-state index contributed by atoms with van der Waals surface area (Å²) in [5.41, 5.74) is 0.794. The Balaban J connectivity index is 1.80. The second-order valence-corrected chi connectivity index (χ2v) is 6.30. The molecule has 0 aliphatic carbocycles. The molecule has 1 amide bonds. The Morgan fingerprint density at radius 1 is 1.40 bits per heavy atom. The standard InChI is InChI=1S/C12H18N4O3S/c13-20(18,19)16-7-4-10(5-8-16)12(17)15-9-11-3-1-2-6-14-11/h1-3,6,10H,4-5,7-9H2,(H,15,17)(H2,13,18,19). The molecule has 0 saturated carbocycles. The molecule has 1 aliphatic rings. The first-order valence-electron chi connectivity index (χ1n) is 6.42. The fraction of sp³-hybridized carbons (Fsp3) is 0.500. The number of aromatic nitrogens is 1. The molecule has 20 heavy (non-hydrogen) atoms. The predicted octanol–water partition coefficient (Wildman–Crippen LogP) is -0.387. The first-order chi connectivity index (χ1) is 9.47. The Kier molecular flexibility index (Phi) is 4.69. The van der Waals surface area contributed by atoms with Gasteiger partial charge in [0.05, 0.1) is 12.2 Å². The molecule has 1 fully saturated rings. The maximum atomic E-state index is 12.0. The average molecular weight is 298 g/mol. The van der Waals surface area contributed by atoms with E-state index in [9.17, 15) is 13.2 Å². The van der Waals surface area contributed by atoms with E-state index in [1.54, 1.807) is 6.20 Å². The Hall–Kier alpha value is -1.51. The quantitative estimate of drug-likeness (QED) is 0.790. The van der Waals surface area contributed by atoms with E-state index in [-0.39, 0.29) is 11.8 Å². The minimum Gasteiger partial charge on any atom is -0.350 e. The molecule has 8 heteroatoms. The maximum Gasteiger partial charge on any atom is 0.276 e. The van der Waals surface area contributed by atoms with Gasteiger partial charge in [-0.3, -0.25) is 9.78 Å². The molecule has 7 nitrogen and oxygen atoms in total. The number of rotatable bonds is 4. The molecule has 1 aromatic heterocycles. The van der Waals surface area contributed by atoms with Crippen molar-refractivity contribution in [2.45, 2.75) is 19.4 Å². The fourth-order valence-corrected chi connectivity index (χ4v) is 2.92. The molecular formula is C12H18N4O3S. The lowest BCUT2D eigenvalue weighted by Gasteiger charge is -2.28. The molecule has 0 aromatic carbocycles. The van der Waals surface area contributed by atoms with Crippen molar-refractivity contribution in [1.82, 2.24) is 14.6 Å². The number of hydrogen-bond donors (Lipinski definition) is 2. The van der Waals surface area contributed by atoms with Gasteiger partial charge in [-0.15, -0.1) is 0 Å². The number of hydrogen-bond acceptors (Lipinski definition) is 4. The van der Waals surface area contributed by atoms with E-state index in [0.29, 0.717) is 32.5 Å².